The van der Waals surface area contributed by atoms with Gasteiger partial charge in [0.25, 0.3) is 5.56 Å². The van der Waals surface area contributed by atoms with E-state index in [1.807, 2.05) is 0 Å². The lowest BCUT2D eigenvalue weighted by Gasteiger charge is -2.31. The number of aromatic hydroxyl groups is 1. The van der Waals surface area contributed by atoms with Crippen molar-refractivity contribution in [1.29, 1.82) is 0 Å². The Labute approximate surface area is 163 Å². The number of halogens is 1. The number of amides is 1. The Balaban J connectivity index is 1.94. The molecule has 0 spiro atoms. The molecule has 1 amide bonds. The van der Waals surface area contributed by atoms with Crippen LogP contribution >= 0.6 is 0 Å². The maximum atomic E-state index is 13.5. The number of carbonyl (C=O) groups excluding carboxylic acids is 2. The van der Waals surface area contributed by atoms with Gasteiger partial charge in [-0.25, -0.2) is 4.39 Å². The first-order valence-corrected chi connectivity index (χ1v) is 8.65. The van der Waals surface area contributed by atoms with Gasteiger partial charge in [-0.3, -0.25) is 19.4 Å². The number of nitrogens with one attached hydrogen (secondary N) is 2. The lowest BCUT2D eigenvalue weighted by Crippen LogP contribution is -2.42. The van der Waals surface area contributed by atoms with Crippen LogP contribution in [0.15, 0.2) is 53.3 Å². The molecular weight excluding hydrogens is 379 g/mol. The number of phenols is 1. The van der Waals surface area contributed by atoms with E-state index in [1.54, 1.807) is 6.07 Å². The lowest BCUT2D eigenvalue weighted by molar-refractivity contribution is -0.119. The molecule has 1 aliphatic rings. The number of hydrogen-bond donors (Lipinski definition) is 4. The molecule has 4 rings (SSSR count). The number of anilines is 2. The number of rotatable bonds is 3. The summed E-state index contributed by atoms with van der Waals surface area (Å²) >= 11 is 0. The topological polar surface area (TPSA) is 138 Å². The highest BCUT2D eigenvalue weighted by molar-refractivity contribution is 6.16. The molecule has 0 aliphatic carbocycles. The SMILES string of the molecule is Nc1nc2c(c(=O)[nH]1)[C@H](c1ccc(F)cc1)[C@H](C(=O)c1ccccc1O)C(=O)N2. The standard InChI is InChI=1S/C20H15FN4O4/c21-10-7-5-9(6-8-10)13-14(16(27)11-3-1-2-4-12(11)26)18(28)23-17-15(13)19(29)25-20(22)24-17/h1-8,13-14,26H,(H4,22,23,24,25,28,29)/t13-,14-/m1/s1. The van der Waals surface area contributed by atoms with E-state index in [4.69, 9.17) is 5.73 Å². The van der Waals surface area contributed by atoms with E-state index in [0.29, 0.717) is 5.56 Å². The number of H-pyrrole nitrogens is 1. The van der Waals surface area contributed by atoms with E-state index in [-0.39, 0.29) is 28.6 Å². The predicted octanol–water partition coefficient (Wildman–Crippen LogP) is 1.78. The first-order chi connectivity index (χ1) is 13.9. The highest BCUT2D eigenvalue weighted by Gasteiger charge is 2.44. The van der Waals surface area contributed by atoms with Crippen molar-refractivity contribution >= 4 is 23.5 Å². The van der Waals surface area contributed by atoms with Gasteiger partial charge in [-0.1, -0.05) is 24.3 Å². The molecule has 0 bridgehead atoms. The van der Waals surface area contributed by atoms with Gasteiger partial charge in [-0.05, 0) is 29.8 Å². The number of fused-ring (bicyclic) bond motifs is 1. The maximum Gasteiger partial charge on any atom is 0.258 e. The molecule has 0 fully saturated rings. The molecule has 0 radical (unpaired) electrons. The molecule has 0 unspecified atom stereocenters. The van der Waals surface area contributed by atoms with Gasteiger partial charge in [0.15, 0.2) is 5.78 Å². The Morgan fingerprint density at radius 1 is 1.10 bits per heavy atom. The molecule has 2 heterocycles. The molecule has 5 N–H and O–H groups in total. The van der Waals surface area contributed by atoms with Crippen LogP contribution in [-0.2, 0) is 4.79 Å². The van der Waals surface area contributed by atoms with Gasteiger partial charge in [0, 0.05) is 5.92 Å². The average Bonchev–Trinajstić information content (AvgIpc) is 2.67. The number of phenolic OH excluding ortho intramolecular Hbond substituents is 1. The number of hydrogen-bond acceptors (Lipinski definition) is 6. The monoisotopic (exact) mass is 394 g/mol. The van der Waals surface area contributed by atoms with E-state index in [9.17, 15) is 23.9 Å². The van der Waals surface area contributed by atoms with Crippen molar-refractivity contribution in [3.05, 3.63) is 81.4 Å². The fourth-order valence-electron chi connectivity index (χ4n) is 3.55. The number of para-hydroxylation sites is 1. The van der Waals surface area contributed by atoms with Crippen molar-refractivity contribution in [2.24, 2.45) is 5.92 Å². The summed E-state index contributed by atoms with van der Waals surface area (Å²) in [6, 6.07) is 10.9. The van der Waals surface area contributed by atoms with Crippen LogP contribution in [0.4, 0.5) is 16.2 Å². The molecule has 1 aliphatic heterocycles. The summed E-state index contributed by atoms with van der Waals surface area (Å²) in [7, 11) is 0. The second kappa shape index (κ2) is 6.86. The summed E-state index contributed by atoms with van der Waals surface area (Å²) in [5.41, 5.74) is 5.27. The maximum absolute atomic E-state index is 13.5. The van der Waals surface area contributed by atoms with E-state index < -0.39 is 34.9 Å². The first kappa shape index (κ1) is 18.4. The quantitative estimate of drug-likeness (QED) is 0.395. The van der Waals surface area contributed by atoms with Crippen LogP contribution in [0.3, 0.4) is 0 Å². The molecule has 0 saturated carbocycles. The number of carbonyl (C=O) groups is 2. The van der Waals surface area contributed by atoms with Crippen molar-refractivity contribution in [2.45, 2.75) is 5.92 Å². The number of benzene rings is 2. The Bertz CT molecular complexity index is 1190. The third-order valence-electron chi connectivity index (χ3n) is 4.82. The van der Waals surface area contributed by atoms with Crippen molar-refractivity contribution in [3.8, 4) is 5.75 Å². The van der Waals surface area contributed by atoms with E-state index in [2.05, 4.69) is 15.3 Å². The zero-order valence-corrected chi connectivity index (χ0v) is 14.8. The Morgan fingerprint density at radius 2 is 1.79 bits per heavy atom. The fraction of sp³-hybridized carbons (Fsp3) is 0.100. The van der Waals surface area contributed by atoms with Crippen LogP contribution < -0.4 is 16.6 Å². The molecule has 3 aromatic rings. The van der Waals surface area contributed by atoms with Crippen LogP contribution in [0.2, 0.25) is 0 Å². The Morgan fingerprint density at radius 3 is 2.48 bits per heavy atom. The van der Waals surface area contributed by atoms with Crippen LogP contribution in [0.25, 0.3) is 0 Å². The molecule has 8 nitrogen and oxygen atoms in total. The van der Waals surface area contributed by atoms with E-state index >= 15 is 0 Å². The number of ketones is 1. The molecular formula is C20H15FN4O4. The van der Waals surface area contributed by atoms with Crippen LogP contribution in [0.1, 0.15) is 27.4 Å². The van der Waals surface area contributed by atoms with Gasteiger partial charge >= 0.3 is 0 Å². The third-order valence-corrected chi connectivity index (χ3v) is 4.82. The molecule has 9 heteroatoms. The Kier molecular flexibility index (Phi) is 4.34. The lowest BCUT2D eigenvalue weighted by atomic mass is 9.75. The Hall–Kier alpha value is -4.01. The zero-order chi connectivity index (χ0) is 20.7. The minimum atomic E-state index is -1.38. The van der Waals surface area contributed by atoms with Crippen LogP contribution in [0.5, 0.6) is 5.75 Å². The number of Topliss-reactive ketones (excluding diaryl/α,β-unsaturated/α-hetero) is 1. The van der Waals surface area contributed by atoms with Gasteiger partial charge in [0.2, 0.25) is 11.9 Å². The first-order valence-electron chi connectivity index (χ1n) is 8.65. The summed E-state index contributed by atoms with van der Waals surface area (Å²) in [5.74, 6) is -4.89. The molecule has 146 valence electrons. The molecule has 29 heavy (non-hydrogen) atoms. The average molecular weight is 394 g/mol. The molecule has 0 saturated heterocycles. The second-order valence-corrected chi connectivity index (χ2v) is 6.59. The van der Waals surface area contributed by atoms with Crippen molar-refractivity contribution in [1.82, 2.24) is 9.97 Å². The van der Waals surface area contributed by atoms with E-state index in [1.165, 1.54) is 42.5 Å². The third kappa shape index (κ3) is 3.12. The summed E-state index contributed by atoms with van der Waals surface area (Å²) < 4.78 is 13.5. The second-order valence-electron chi connectivity index (χ2n) is 6.59. The normalized spacial score (nSPS) is 18.0. The van der Waals surface area contributed by atoms with Gasteiger partial charge in [0.05, 0.1) is 11.1 Å². The zero-order valence-electron chi connectivity index (χ0n) is 14.8. The fourth-order valence-corrected chi connectivity index (χ4v) is 3.55. The van der Waals surface area contributed by atoms with Crippen molar-refractivity contribution < 1.29 is 19.1 Å². The number of aromatic amines is 1. The highest BCUT2D eigenvalue weighted by Crippen LogP contribution is 2.40. The summed E-state index contributed by atoms with van der Waals surface area (Å²) in [4.78, 5) is 45.1. The summed E-state index contributed by atoms with van der Waals surface area (Å²) in [6.07, 6.45) is 0. The minimum Gasteiger partial charge on any atom is -0.507 e. The van der Waals surface area contributed by atoms with Crippen molar-refractivity contribution in [2.75, 3.05) is 11.1 Å². The molecule has 1 aromatic heterocycles. The van der Waals surface area contributed by atoms with Crippen LogP contribution in [0, 0.1) is 11.7 Å². The number of nitrogens with two attached hydrogens (primary N) is 1. The number of nitrogen functional groups attached to an aromatic ring is 1. The van der Waals surface area contributed by atoms with Gasteiger partial charge in [-0.15, -0.1) is 0 Å². The van der Waals surface area contributed by atoms with Gasteiger partial charge < -0.3 is 16.2 Å². The summed E-state index contributed by atoms with van der Waals surface area (Å²) in [5, 5.41) is 12.5. The smallest absolute Gasteiger partial charge is 0.258 e. The highest BCUT2D eigenvalue weighted by atomic mass is 19.1. The predicted molar refractivity (Wildman–Crippen MR) is 102 cm³/mol. The minimum absolute atomic E-state index is 0.0270. The van der Waals surface area contributed by atoms with Crippen LogP contribution in [-0.4, -0.2) is 26.8 Å². The number of nitrogens with zero attached hydrogens (tertiary/aromatic N) is 1. The largest absolute Gasteiger partial charge is 0.507 e. The van der Waals surface area contributed by atoms with Crippen molar-refractivity contribution in [3.63, 3.8) is 0 Å². The summed E-state index contributed by atoms with van der Waals surface area (Å²) in [6.45, 7) is 0. The molecule has 2 aromatic carbocycles. The van der Waals surface area contributed by atoms with Gasteiger partial charge in [-0.2, -0.15) is 4.98 Å². The number of aromatic nitrogens is 2. The molecule has 2 atom stereocenters. The van der Waals surface area contributed by atoms with E-state index in [0.717, 1.165) is 0 Å². The van der Waals surface area contributed by atoms with Gasteiger partial charge in [0.1, 0.15) is 23.3 Å².